The average molecular weight is 515 g/mol. The third-order valence-electron chi connectivity index (χ3n) is 5.41. The molecule has 1 unspecified atom stereocenters. The van der Waals surface area contributed by atoms with Crippen molar-refractivity contribution < 1.29 is 42.7 Å². The summed E-state index contributed by atoms with van der Waals surface area (Å²) < 4.78 is 47.4. The summed E-state index contributed by atoms with van der Waals surface area (Å²) in [6, 6.07) is 19.5. The van der Waals surface area contributed by atoms with Crippen molar-refractivity contribution in [3.8, 4) is 17.2 Å². The van der Waals surface area contributed by atoms with E-state index in [0.29, 0.717) is 11.1 Å². The fourth-order valence-corrected chi connectivity index (χ4v) is 3.59. The van der Waals surface area contributed by atoms with Crippen LogP contribution in [0.25, 0.3) is 0 Å². The van der Waals surface area contributed by atoms with E-state index in [-0.39, 0.29) is 49.2 Å². The lowest BCUT2D eigenvalue weighted by Gasteiger charge is -2.23. The highest BCUT2D eigenvalue weighted by Gasteiger charge is 2.32. The van der Waals surface area contributed by atoms with Gasteiger partial charge < -0.3 is 33.5 Å². The van der Waals surface area contributed by atoms with Gasteiger partial charge in [-0.3, -0.25) is 0 Å². The summed E-state index contributed by atoms with van der Waals surface area (Å²) >= 11 is 0. The van der Waals surface area contributed by atoms with Crippen molar-refractivity contribution in [2.75, 3.05) is 47.8 Å². The second-order valence-corrected chi connectivity index (χ2v) is 7.86. The Kier molecular flexibility index (Phi) is 10.7. The molecule has 8 nitrogen and oxygen atoms in total. The molecule has 9 heteroatoms. The molecule has 0 aliphatic rings. The van der Waals surface area contributed by atoms with Gasteiger partial charge in [-0.25, -0.2) is 4.79 Å². The number of carbonyl (C=O) groups is 1. The molecule has 0 aromatic heterocycles. The average Bonchev–Trinajstić information content (AvgIpc) is 2.93. The smallest absolute Gasteiger partial charge is 0.340 e. The van der Waals surface area contributed by atoms with Crippen molar-refractivity contribution in [1.29, 1.82) is 0 Å². The third kappa shape index (κ3) is 7.19. The molecule has 3 aromatic carbocycles. The summed E-state index contributed by atoms with van der Waals surface area (Å²) in [5, 5.41) is 11.1. The standard InChI is InChI=1S/C28H31FO8/c1-32-14-16-35-26-21(18-22(34-3)23(29)27(26)36-17-15-33-2)24(30)28(31)37-25(19-10-6-4-7-11-19)20-12-8-5-9-13-20/h4-13,18,24-25,30H,14-17H2,1-3H3. The van der Waals surface area contributed by atoms with Crippen LogP contribution in [0.5, 0.6) is 17.2 Å². The number of benzene rings is 3. The Hall–Kier alpha value is -3.66. The van der Waals surface area contributed by atoms with E-state index >= 15 is 4.39 Å². The van der Waals surface area contributed by atoms with Gasteiger partial charge in [0.2, 0.25) is 11.6 Å². The lowest BCUT2D eigenvalue weighted by molar-refractivity contribution is -0.158. The van der Waals surface area contributed by atoms with E-state index in [1.54, 1.807) is 0 Å². The van der Waals surface area contributed by atoms with Crippen LogP contribution in [0.15, 0.2) is 66.7 Å². The van der Waals surface area contributed by atoms with Gasteiger partial charge in [-0.15, -0.1) is 0 Å². The van der Waals surface area contributed by atoms with Crippen molar-refractivity contribution in [3.05, 3.63) is 89.2 Å². The van der Waals surface area contributed by atoms with Crippen LogP contribution >= 0.6 is 0 Å². The molecule has 3 aromatic rings. The van der Waals surface area contributed by atoms with E-state index in [2.05, 4.69) is 0 Å². The maximum atomic E-state index is 15.2. The van der Waals surface area contributed by atoms with E-state index < -0.39 is 24.0 Å². The summed E-state index contributed by atoms with van der Waals surface area (Å²) in [5.41, 5.74) is 1.35. The molecule has 0 amide bonds. The van der Waals surface area contributed by atoms with Crippen molar-refractivity contribution in [2.24, 2.45) is 0 Å². The van der Waals surface area contributed by atoms with Crippen LogP contribution in [0.3, 0.4) is 0 Å². The molecule has 0 bridgehead atoms. The van der Waals surface area contributed by atoms with Crippen LogP contribution in [0.1, 0.15) is 28.9 Å². The predicted molar refractivity (Wildman–Crippen MR) is 133 cm³/mol. The second-order valence-electron chi connectivity index (χ2n) is 7.86. The number of hydrogen-bond donors (Lipinski definition) is 1. The van der Waals surface area contributed by atoms with Gasteiger partial charge in [0.1, 0.15) is 13.2 Å². The minimum atomic E-state index is -1.84. The van der Waals surface area contributed by atoms with Crippen molar-refractivity contribution in [1.82, 2.24) is 0 Å². The quantitative estimate of drug-likeness (QED) is 0.252. The Morgan fingerprint density at radius 2 is 1.32 bits per heavy atom. The first kappa shape index (κ1) is 27.9. The molecule has 198 valence electrons. The van der Waals surface area contributed by atoms with Crippen LogP contribution in [-0.4, -0.2) is 58.8 Å². The molecule has 0 saturated carbocycles. The number of carbonyl (C=O) groups excluding carboxylic acids is 1. The summed E-state index contributed by atoms with van der Waals surface area (Å²) in [6.07, 6.45) is -2.63. The van der Waals surface area contributed by atoms with Crippen molar-refractivity contribution >= 4 is 5.97 Å². The molecule has 3 rings (SSSR count). The van der Waals surface area contributed by atoms with E-state index in [0.717, 1.165) is 0 Å². The largest absolute Gasteiger partial charge is 0.494 e. The van der Waals surface area contributed by atoms with Crippen molar-refractivity contribution in [2.45, 2.75) is 12.2 Å². The minimum Gasteiger partial charge on any atom is -0.494 e. The van der Waals surface area contributed by atoms with Gasteiger partial charge in [0, 0.05) is 19.8 Å². The minimum absolute atomic E-state index is 0.00826. The Morgan fingerprint density at radius 1 is 0.811 bits per heavy atom. The number of aliphatic hydroxyl groups excluding tert-OH is 1. The second kappa shape index (κ2) is 14.2. The van der Waals surface area contributed by atoms with Gasteiger partial charge in [-0.1, -0.05) is 60.7 Å². The molecular weight excluding hydrogens is 483 g/mol. The highest BCUT2D eigenvalue weighted by Crippen LogP contribution is 2.43. The molecule has 1 N–H and O–H groups in total. The van der Waals surface area contributed by atoms with Crippen LogP contribution in [0.2, 0.25) is 0 Å². The Balaban J connectivity index is 1.99. The Labute approximate surface area is 215 Å². The topological polar surface area (TPSA) is 92.7 Å². The number of ether oxygens (including phenoxy) is 6. The first-order valence-corrected chi connectivity index (χ1v) is 11.6. The van der Waals surface area contributed by atoms with Crippen LogP contribution < -0.4 is 14.2 Å². The zero-order valence-corrected chi connectivity index (χ0v) is 21.0. The molecule has 0 aliphatic carbocycles. The fourth-order valence-electron chi connectivity index (χ4n) is 3.59. The first-order valence-electron chi connectivity index (χ1n) is 11.6. The summed E-state index contributed by atoms with van der Waals surface area (Å²) in [5.74, 6) is -2.53. The summed E-state index contributed by atoms with van der Waals surface area (Å²) in [4.78, 5) is 13.3. The number of halogens is 1. The maximum Gasteiger partial charge on any atom is 0.340 e. The highest BCUT2D eigenvalue weighted by molar-refractivity contribution is 5.79. The molecule has 0 aliphatic heterocycles. The Bertz CT molecular complexity index is 1080. The molecular formula is C28H31FO8. The monoisotopic (exact) mass is 514 g/mol. The number of aliphatic hydroxyl groups is 1. The molecule has 37 heavy (non-hydrogen) atoms. The van der Waals surface area contributed by atoms with E-state index in [1.165, 1.54) is 27.4 Å². The van der Waals surface area contributed by atoms with Crippen LogP contribution in [0, 0.1) is 5.82 Å². The lowest BCUT2D eigenvalue weighted by Crippen LogP contribution is -2.21. The molecule has 0 saturated heterocycles. The maximum absolute atomic E-state index is 15.2. The number of methoxy groups -OCH3 is 3. The van der Waals surface area contributed by atoms with Crippen molar-refractivity contribution in [3.63, 3.8) is 0 Å². The number of rotatable bonds is 14. The number of esters is 1. The predicted octanol–water partition coefficient (Wildman–Crippen LogP) is 4.25. The Morgan fingerprint density at radius 3 is 1.81 bits per heavy atom. The van der Waals surface area contributed by atoms with Gasteiger partial charge in [-0.05, 0) is 17.2 Å². The van der Waals surface area contributed by atoms with Gasteiger partial charge in [0.05, 0.1) is 20.3 Å². The zero-order chi connectivity index (χ0) is 26.6. The normalized spacial score (nSPS) is 11.7. The number of hydrogen-bond acceptors (Lipinski definition) is 8. The molecule has 0 spiro atoms. The van der Waals surface area contributed by atoms with Crippen LogP contribution in [0.4, 0.5) is 4.39 Å². The van der Waals surface area contributed by atoms with Crippen LogP contribution in [-0.2, 0) is 19.0 Å². The zero-order valence-electron chi connectivity index (χ0n) is 21.0. The van der Waals surface area contributed by atoms with E-state index in [4.69, 9.17) is 28.4 Å². The fraction of sp³-hybridized carbons (Fsp3) is 0.321. The van der Waals surface area contributed by atoms with E-state index in [1.807, 2.05) is 60.7 Å². The van der Waals surface area contributed by atoms with Gasteiger partial charge in [-0.2, -0.15) is 4.39 Å². The molecule has 0 heterocycles. The molecule has 0 fully saturated rings. The van der Waals surface area contributed by atoms with Gasteiger partial charge >= 0.3 is 5.97 Å². The van der Waals surface area contributed by atoms with Gasteiger partial charge in [0.15, 0.2) is 23.7 Å². The SMILES string of the molecule is COCCOc1c(C(O)C(=O)OC(c2ccccc2)c2ccccc2)cc(OC)c(F)c1OCCOC. The lowest BCUT2D eigenvalue weighted by atomic mass is 10.0. The summed E-state index contributed by atoms with van der Waals surface area (Å²) in [6.45, 7) is 0.346. The van der Waals surface area contributed by atoms with E-state index in [9.17, 15) is 9.90 Å². The summed E-state index contributed by atoms with van der Waals surface area (Å²) in [7, 11) is 4.22. The highest BCUT2D eigenvalue weighted by atomic mass is 19.1. The first-order chi connectivity index (χ1) is 18.0. The van der Waals surface area contributed by atoms with Gasteiger partial charge in [0.25, 0.3) is 0 Å². The molecule has 1 atom stereocenters. The molecule has 0 radical (unpaired) electrons. The third-order valence-corrected chi connectivity index (χ3v) is 5.41.